The van der Waals surface area contributed by atoms with Gasteiger partial charge in [-0.1, -0.05) is 0 Å². The maximum Gasteiger partial charge on any atom is 0.251 e. The van der Waals surface area contributed by atoms with Crippen molar-refractivity contribution in [2.24, 2.45) is 0 Å². The van der Waals surface area contributed by atoms with Gasteiger partial charge >= 0.3 is 0 Å². The fourth-order valence-electron chi connectivity index (χ4n) is 1.96. The van der Waals surface area contributed by atoms with Crippen LogP contribution in [0.15, 0.2) is 34.9 Å². The number of carbonyl (C=O) groups excluding carboxylic acids is 1. The van der Waals surface area contributed by atoms with E-state index >= 15 is 0 Å². The number of aromatic nitrogens is 1. The van der Waals surface area contributed by atoms with Gasteiger partial charge in [0.05, 0.1) is 21.3 Å². The lowest BCUT2D eigenvalue weighted by atomic mass is 10.1. The minimum atomic E-state index is -0.232. The molecule has 1 amide bonds. The molecule has 1 N–H and O–H groups in total. The van der Waals surface area contributed by atoms with Crippen LogP contribution in [0.25, 0.3) is 0 Å². The summed E-state index contributed by atoms with van der Waals surface area (Å²) in [6.45, 7) is 0.360. The predicted octanol–water partition coefficient (Wildman–Crippen LogP) is 2.80. The van der Waals surface area contributed by atoms with Crippen LogP contribution in [-0.4, -0.2) is 32.2 Å². The van der Waals surface area contributed by atoms with Crippen LogP contribution in [0, 0.1) is 0 Å². The van der Waals surface area contributed by atoms with Crippen LogP contribution in [0.2, 0.25) is 0 Å². The van der Waals surface area contributed by atoms with Crippen LogP contribution >= 0.6 is 15.9 Å². The van der Waals surface area contributed by atoms with Crippen molar-refractivity contribution in [2.75, 3.05) is 21.3 Å². The van der Waals surface area contributed by atoms with E-state index in [0.29, 0.717) is 34.0 Å². The van der Waals surface area contributed by atoms with Gasteiger partial charge in [0.15, 0.2) is 0 Å². The number of pyridine rings is 1. The zero-order valence-corrected chi connectivity index (χ0v) is 14.6. The second-order valence-electron chi connectivity index (χ2n) is 4.58. The first kappa shape index (κ1) is 17.1. The van der Waals surface area contributed by atoms with E-state index in [-0.39, 0.29) is 5.91 Å². The molecule has 0 aliphatic carbocycles. The second-order valence-corrected chi connectivity index (χ2v) is 5.38. The number of ether oxygens (including phenoxy) is 3. The molecule has 0 unspecified atom stereocenters. The molecule has 0 atom stereocenters. The van der Waals surface area contributed by atoms with Crippen molar-refractivity contribution < 1.29 is 19.0 Å². The average Bonchev–Trinajstić information content (AvgIpc) is 2.60. The van der Waals surface area contributed by atoms with E-state index in [9.17, 15) is 4.79 Å². The van der Waals surface area contributed by atoms with Gasteiger partial charge in [-0.2, -0.15) is 0 Å². The summed E-state index contributed by atoms with van der Waals surface area (Å²) in [6, 6.07) is 6.87. The lowest BCUT2D eigenvalue weighted by Crippen LogP contribution is -2.23. The molecule has 0 bridgehead atoms. The highest BCUT2D eigenvalue weighted by molar-refractivity contribution is 9.10. The minimum absolute atomic E-state index is 0.232. The summed E-state index contributed by atoms with van der Waals surface area (Å²) in [4.78, 5) is 16.4. The number of benzene rings is 1. The molecule has 23 heavy (non-hydrogen) atoms. The first-order valence-corrected chi connectivity index (χ1v) is 7.57. The van der Waals surface area contributed by atoms with E-state index in [4.69, 9.17) is 14.2 Å². The maximum atomic E-state index is 12.3. The average molecular weight is 381 g/mol. The van der Waals surface area contributed by atoms with Crippen LogP contribution in [-0.2, 0) is 6.54 Å². The highest BCUT2D eigenvalue weighted by Crippen LogP contribution is 2.35. The van der Waals surface area contributed by atoms with E-state index in [1.807, 2.05) is 6.07 Å². The van der Waals surface area contributed by atoms with Gasteiger partial charge in [0.1, 0.15) is 16.0 Å². The van der Waals surface area contributed by atoms with Gasteiger partial charge in [-0.3, -0.25) is 4.79 Å². The molecular formula is C16H17BrN2O4. The van der Waals surface area contributed by atoms with Gasteiger partial charge in [0.2, 0.25) is 5.88 Å². The third-order valence-electron chi connectivity index (χ3n) is 3.17. The molecule has 2 rings (SSSR count). The molecule has 1 heterocycles. The zero-order chi connectivity index (χ0) is 16.8. The molecule has 0 saturated carbocycles. The van der Waals surface area contributed by atoms with Gasteiger partial charge in [0.25, 0.3) is 5.91 Å². The molecule has 6 nitrogen and oxygen atoms in total. The Labute approximate surface area is 142 Å². The summed E-state index contributed by atoms with van der Waals surface area (Å²) in [5.74, 6) is 1.33. The number of nitrogens with zero attached hydrogens (tertiary/aromatic N) is 1. The molecule has 7 heteroatoms. The SMILES string of the molecule is COc1cc(CNC(=O)c2cc(OC)c(Br)c(OC)c2)ccn1. The second kappa shape index (κ2) is 7.82. The Balaban J connectivity index is 2.14. The molecule has 0 radical (unpaired) electrons. The Kier molecular flexibility index (Phi) is 5.81. The summed E-state index contributed by atoms with van der Waals surface area (Å²) in [5, 5.41) is 2.84. The van der Waals surface area contributed by atoms with Crippen LogP contribution in [0.1, 0.15) is 15.9 Å². The first-order valence-electron chi connectivity index (χ1n) is 6.77. The van der Waals surface area contributed by atoms with Crippen molar-refractivity contribution in [1.82, 2.24) is 10.3 Å². The van der Waals surface area contributed by atoms with Crippen molar-refractivity contribution in [3.63, 3.8) is 0 Å². The Bertz CT molecular complexity index is 681. The normalized spacial score (nSPS) is 10.1. The summed E-state index contributed by atoms with van der Waals surface area (Å²) < 4.78 is 16.2. The minimum Gasteiger partial charge on any atom is -0.495 e. The molecular weight excluding hydrogens is 364 g/mol. The number of rotatable bonds is 6. The van der Waals surface area contributed by atoms with Crippen LogP contribution in [0.3, 0.4) is 0 Å². The van der Waals surface area contributed by atoms with E-state index in [1.54, 1.807) is 31.5 Å². The van der Waals surface area contributed by atoms with Crippen molar-refractivity contribution >= 4 is 21.8 Å². The van der Waals surface area contributed by atoms with Crippen molar-refractivity contribution in [2.45, 2.75) is 6.54 Å². The standard InChI is InChI=1S/C16H17BrN2O4/c1-21-12-7-11(8-13(22-2)15(12)17)16(20)19-9-10-4-5-18-14(6-10)23-3/h4-8H,9H2,1-3H3,(H,19,20). The van der Waals surface area contributed by atoms with Crippen molar-refractivity contribution in [1.29, 1.82) is 0 Å². The number of nitrogens with one attached hydrogen (secondary N) is 1. The van der Waals surface area contributed by atoms with E-state index < -0.39 is 0 Å². The number of halogens is 1. The highest BCUT2D eigenvalue weighted by Gasteiger charge is 2.14. The van der Waals surface area contributed by atoms with Gasteiger partial charge in [-0.05, 0) is 39.7 Å². The Morgan fingerprint density at radius 2 is 1.78 bits per heavy atom. The Morgan fingerprint density at radius 1 is 1.13 bits per heavy atom. The number of methoxy groups -OCH3 is 3. The first-order chi connectivity index (χ1) is 11.1. The highest BCUT2D eigenvalue weighted by atomic mass is 79.9. The van der Waals surface area contributed by atoms with Gasteiger partial charge in [-0.15, -0.1) is 0 Å². The molecule has 0 aliphatic heterocycles. The van der Waals surface area contributed by atoms with E-state index in [2.05, 4.69) is 26.2 Å². The lowest BCUT2D eigenvalue weighted by molar-refractivity contribution is 0.0950. The summed E-state index contributed by atoms with van der Waals surface area (Å²) in [7, 11) is 4.61. The number of carbonyl (C=O) groups is 1. The van der Waals surface area contributed by atoms with E-state index in [0.717, 1.165) is 5.56 Å². The molecule has 0 fully saturated rings. The summed E-state index contributed by atoms with van der Waals surface area (Å²) in [6.07, 6.45) is 1.63. The van der Waals surface area contributed by atoms with Crippen molar-refractivity contribution in [3.05, 3.63) is 46.1 Å². The van der Waals surface area contributed by atoms with Crippen LogP contribution < -0.4 is 19.5 Å². The quantitative estimate of drug-likeness (QED) is 0.834. The van der Waals surface area contributed by atoms with Gasteiger partial charge in [-0.25, -0.2) is 4.98 Å². The summed E-state index contributed by atoms with van der Waals surface area (Å²) >= 11 is 3.37. The van der Waals surface area contributed by atoms with Crippen LogP contribution in [0.5, 0.6) is 17.4 Å². The largest absolute Gasteiger partial charge is 0.495 e. The molecule has 0 spiro atoms. The summed E-state index contributed by atoms with van der Waals surface area (Å²) in [5.41, 5.74) is 1.34. The molecule has 122 valence electrons. The third-order valence-corrected chi connectivity index (χ3v) is 3.95. The molecule has 0 saturated heterocycles. The maximum absolute atomic E-state index is 12.3. The van der Waals surface area contributed by atoms with Crippen molar-refractivity contribution in [3.8, 4) is 17.4 Å². The third kappa shape index (κ3) is 4.13. The van der Waals surface area contributed by atoms with E-state index in [1.165, 1.54) is 14.2 Å². The molecule has 1 aromatic carbocycles. The fraction of sp³-hybridized carbons (Fsp3) is 0.250. The number of amides is 1. The van der Waals surface area contributed by atoms with Gasteiger partial charge in [0, 0.05) is 24.4 Å². The van der Waals surface area contributed by atoms with Gasteiger partial charge < -0.3 is 19.5 Å². The Morgan fingerprint density at radius 3 is 2.35 bits per heavy atom. The Hall–Kier alpha value is -2.28. The van der Waals surface area contributed by atoms with Crippen LogP contribution in [0.4, 0.5) is 0 Å². The zero-order valence-electron chi connectivity index (χ0n) is 13.1. The topological polar surface area (TPSA) is 69.7 Å². The molecule has 1 aromatic heterocycles. The predicted molar refractivity (Wildman–Crippen MR) is 89.2 cm³/mol. The molecule has 0 aliphatic rings. The monoisotopic (exact) mass is 380 g/mol. The molecule has 2 aromatic rings. The number of hydrogen-bond donors (Lipinski definition) is 1. The fourth-order valence-corrected chi connectivity index (χ4v) is 2.51. The lowest BCUT2D eigenvalue weighted by Gasteiger charge is -2.12. The number of hydrogen-bond acceptors (Lipinski definition) is 5. The smallest absolute Gasteiger partial charge is 0.251 e.